The fraction of sp³-hybridized carbons (Fsp3) is 0.300. The van der Waals surface area contributed by atoms with Crippen molar-refractivity contribution in [2.45, 2.75) is 12.7 Å². The molecule has 2 rings (SSSR count). The van der Waals surface area contributed by atoms with E-state index >= 15 is 0 Å². The zero-order chi connectivity index (χ0) is 11.4. The molecule has 1 heterocycles. The summed E-state index contributed by atoms with van der Waals surface area (Å²) in [5, 5.41) is 4.42. The van der Waals surface area contributed by atoms with E-state index in [1.165, 1.54) is 0 Å². The number of rotatable bonds is 3. The minimum Gasteiger partial charge on any atom is -0.326 e. The van der Waals surface area contributed by atoms with Gasteiger partial charge in [0.1, 0.15) is 0 Å². The smallest absolute Gasteiger partial charge is 0.226 e. The zero-order valence-electron chi connectivity index (χ0n) is 9.03. The molecule has 1 aliphatic rings. The van der Waals surface area contributed by atoms with Crippen LogP contribution in [0.4, 0.5) is 0 Å². The lowest BCUT2D eigenvalue weighted by Gasteiger charge is -2.12. The third-order valence-electron chi connectivity index (χ3n) is 2.21. The molecular formula is C10H15N5O. The Kier molecular flexibility index (Phi) is 3.47. The van der Waals surface area contributed by atoms with Gasteiger partial charge in [-0.05, 0) is 5.56 Å². The summed E-state index contributed by atoms with van der Waals surface area (Å²) in [6.45, 7) is 0. The fourth-order valence-electron chi connectivity index (χ4n) is 1.48. The Morgan fingerprint density at radius 2 is 2.19 bits per heavy atom. The third kappa shape index (κ3) is 3.01. The molecule has 0 bridgehead atoms. The molecule has 16 heavy (non-hydrogen) atoms. The second-order valence-corrected chi connectivity index (χ2v) is 3.61. The van der Waals surface area contributed by atoms with Crippen molar-refractivity contribution in [3.05, 3.63) is 35.9 Å². The average molecular weight is 221 g/mol. The van der Waals surface area contributed by atoms with Crippen LogP contribution in [0.3, 0.4) is 0 Å². The van der Waals surface area contributed by atoms with Crippen LogP contribution in [-0.2, 0) is 11.2 Å². The maximum Gasteiger partial charge on any atom is 0.226 e. The van der Waals surface area contributed by atoms with Crippen molar-refractivity contribution >= 4 is 5.91 Å². The average Bonchev–Trinajstić information content (AvgIpc) is 2.65. The lowest BCUT2D eigenvalue weighted by molar-refractivity contribution is -0.121. The topological polar surface area (TPSA) is 68.4 Å². The predicted molar refractivity (Wildman–Crippen MR) is 59.2 cm³/mol. The number of nitrogens with zero attached hydrogens (tertiary/aromatic N) is 1. The summed E-state index contributed by atoms with van der Waals surface area (Å²) >= 11 is 0. The number of nitrogens with one attached hydrogen (secondary N) is 4. The Balaban J connectivity index is 1.81. The van der Waals surface area contributed by atoms with E-state index in [-0.39, 0.29) is 12.2 Å². The molecule has 1 aliphatic heterocycles. The highest BCUT2D eigenvalue weighted by Gasteiger charge is 2.18. The Hall–Kier alpha value is -1.47. The Bertz CT molecular complexity index is 355. The standard InChI is InChI=1S/C10H15N5O/c1-15-13-10(12-14-15)11-9(16)7-8-5-3-2-4-6-8/h2-6,10,12-14H,7H2,1H3,(H,11,16). The van der Waals surface area contributed by atoms with Crippen LogP contribution in [0.15, 0.2) is 30.3 Å². The van der Waals surface area contributed by atoms with Crippen LogP contribution in [0.1, 0.15) is 5.56 Å². The molecule has 1 saturated heterocycles. The second-order valence-electron chi connectivity index (χ2n) is 3.61. The van der Waals surface area contributed by atoms with E-state index in [2.05, 4.69) is 21.7 Å². The second kappa shape index (κ2) is 5.04. The summed E-state index contributed by atoms with van der Waals surface area (Å²) in [6, 6.07) is 9.63. The number of hydrogen-bond acceptors (Lipinski definition) is 5. The minimum atomic E-state index is -0.277. The van der Waals surface area contributed by atoms with Crippen LogP contribution in [0, 0.1) is 0 Å². The predicted octanol–water partition coefficient (Wildman–Crippen LogP) is -0.912. The van der Waals surface area contributed by atoms with Gasteiger partial charge in [-0.2, -0.15) is 10.7 Å². The van der Waals surface area contributed by atoms with E-state index in [4.69, 9.17) is 0 Å². The van der Waals surface area contributed by atoms with E-state index in [0.717, 1.165) is 5.56 Å². The first-order valence-electron chi connectivity index (χ1n) is 5.08. The van der Waals surface area contributed by atoms with Gasteiger partial charge in [0.15, 0.2) is 6.29 Å². The first-order valence-corrected chi connectivity index (χ1v) is 5.08. The van der Waals surface area contributed by atoms with Crippen molar-refractivity contribution in [1.82, 2.24) is 26.8 Å². The lowest BCUT2D eigenvalue weighted by atomic mass is 10.1. The van der Waals surface area contributed by atoms with Gasteiger partial charge in [0.2, 0.25) is 5.91 Å². The van der Waals surface area contributed by atoms with E-state index < -0.39 is 0 Å². The first kappa shape index (κ1) is 11.0. The van der Waals surface area contributed by atoms with Crippen molar-refractivity contribution in [2.24, 2.45) is 0 Å². The van der Waals surface area contributed by atoms with Crippen molar-refractivity contribution in [3.63, 3.8) is 0 Å². The van der Waals surface area contributed by atoms with Crippen molar-refractivity contribution < 1.29 is 4.79 Å². The molecule has 0 aromatic heterocycles. The molecule has 0 aliphatic carbocycles. The van der Waals surface area contributed by atoms with Gasteiger partial charge in [-0.1, -0.05) is 30.3 Å². The number of carbonyl (C=O) groups is 1. The molecule has 6 heteroatoms. The largest absolute Gasteiger partial charge is 0.326 e. The van der Waals surface area contributed by atoms with Crippen LogP contribution in [0.25, 0.3) is 0 Å². The molecule has 4 N–H and O–H groups in total. The normalized spacial score (nSPS) is 20.9. The van der Waals surface area contributed by atoms with E-state index in [9.17, 15) is 4.79 Å². The van der Waals surface area contributed by atoms with E-state index in [1.54, 1.807) is 12.2 Å². The number of carbonyl (C=O) groups excluding carboxylic acids is 1. The minimum absolute atomic E-state index is 0.0340. The van der Waals surface area contributed by atoms with Gasteiger partial charge in [-0.3, -0.25) is 4.79 Å². The van der Waals surface area contributed by atoms with Gasteiger partial charge >= 0.3 is 0 Å². The van der Waals surface area contributed by atoms with Crippen LogP contribution in [-0.4, -0.2) is 24.4 Å². The summed E-state index contributed by atoms with van der Waals surface area (Å²) in [5.41, 5.74) is 9.60. The maximum atomic E-state index is 11.6. The maximum absolute atomic E-state index is 11.6. The van der Waals surface area contributed by atoms with Crippen molar-refractivity contribution in [1.29, 1.82) is 0 Å². The molecule has 86 valence electrons. The number of hydrazine groups is 3. The highest BCUT2D eigenvalue weighted by atomic mass is 16.2. The monoisotopic (exact) mass is 221 g/mol. The summed E-state index contributed by atoms with van der Waals surface area (Å²) < 4.78 is 0. The van der Waals surface area contributed by atoms with Crippen LogP contribution < -0.4 is 21.7 Å². The van der Waals surface area contributed by atoms with Crippen LogP contribution >= 0.6 is 0 Å². The van der Waals surface area contributed by atoms with Gasteiger partial charge < -0.3 is 5.32 Å². The van der Waals surface area contributed by atoms with E-state index in [1.807, 2.05) is 30.3 Å². The molecule has 1 unspecified atom stereocenters. The summed E-state index contributed by atoms with van der Waals surface area (Å²) in [4.78, 5) is 11.6. The number of hydrogen-bond donors (Lipinski definition) is 4. The van der Waals surface area contributed by atoms with Crippen LogP contribution in [0.5, 0.6) is 0 Å². The molecule has 0 saturated carbocycles. The van der Waals surface area contributed by atoms with Gasteiger partial charge in [-0.15, -0.1) is 0 Å². The molecule has 1 atom stereocenters. The summed E-state index contributed by atoms with van der Waals surface area (Å²) in [5.74, 6) is -0.0340. The summed E-state index contributed by atoms with van der Waals surface area (Å²) in [6.07, 6.45) is 0.103. The highest BCUT2D eigenvalue weighted by Crippen LogP contribution is 1.99. The molecular weight excluding hydrogens is 206 g/mol. The first-order chi connectivity index (χ1) is 7.74. The Morgan fingerprint density at radius 1 is 1.44 bits per heavy atom. The Labute approximate surface area is 93.9 Å². The highest BCUT2D eigenvalue weighted by molar-refractivity contribution is 5.78. The molecule has 0 spiro atoms. The SMILES string of the molecule is CN1NNC(NC(=O)Cc2ccccc2)N1. The lowest BCUT2D eigenvalue weighted by Crippen LogP contribution is -2.50. The van der Waals surface area contributed by atoms with Gasteiger partial charge in [0.25, 0.3) is 0 Å². The summed E-state index contributed by atoms with van der Waals surface area (Å²) in [7, 11) is 1.80. The zero-order valence-corrected chi connectivity index (χ0v) is 9.03. The van der Waals surface area contributed by atoms with Gasteiger partial charge in [0.05, 0.1) is 6.42 Å². The quantitative estimate of drug-likeness (QED) is 0.532. The molecule has 1 aromatic carbocycles. The molecule has 1 aromatic rings. The van der Waals surface area contributed by atoms with Crippen molar-refractivity contribution in [2.75, 3.05) is 7.05 Å². The molecule has 1 amide bonds. The van der Waals surface area contributed by atoms with Gasteiger partial charge in [0, 0.05) is 7.05 Å². The Morgan fingerprint density at radius 3 is 2.81 bits per heavy atom. The third-order valence-corrected chi connectivity index (χ3v) is 2.21. The van der Waals surface area contributed by atoms with Crippen LogP contribution in [0.2, 0.25) is 0 Å². The molecule has 1 fully saturated rings. The van der Waals surface area contributed by atoms with Gasteiger partial charge in [-0.25, -0.2) is 10.9 Å². The number of benzene rings is 1. The fourth-order valence-corrected chi connectivity index (χ4v) is 1.48. The number of amides is 1. The molecule has 0 radical (unpaired) electrons. The molecule has 6 nitrogen and oxygen atoms in total. The van der Waals surface area contributed by atoms with Crippen molar-refractivity contribution in [3.8, 4) is 0 Å². The van der Waals surface area contributed by atoms with E-state index in [0.29, 0.717) is 6.42 Å².